The van der Waals surface area contributed by atoms with E-state index in [1.165, 1.54) is 11.3 Å². The van der Waals surface area contributed by atoms with Gasteiger partial charge in [0.25, 0.3) is 5.56 Å². The maximum absolute atomic E-state index is 12.5. The molecule has 0 amide bonds. The van der Waals surface area contributed by atoms with E-state index in [1.54, 1.807) is 7.11 Å². The molecular formula is C21H21N3O2S. The maximum atomic E-state index is 12.5. The van der Waals surface area contributed by atoms with Gasteiger partial charge in [0.2, 0.25) is 0 Å². The lowest BCUT2D eigenvalue weighted by atomic mass is 9.95. The molecule has 0 atom stereocenters. The molecule has 0 spiro atoms. The van der Waals surface area contributed by atoms with Crippen LogP contribution in [0.3, 0.4) is 0 Å². The second kappa shape index (κ2) is 7.13. The molecule has 0 saturated carbocycles. The van der Waals surface area contributed by atoms with E-state index in [0.29, 0.717) is 6.54 Å². The van der Waals surface area contributed by atoms with Crippen molar-refractivity contribution < 1.29 is 4.74 Å². The van der Waals surface area contributed by atoms with Crippen molar-refractivity contribution >= 4 is 32.3 Å². The molecule has 6 heteroatoms. The fourth-order valence-electron chi connectivity index (χ4n) is 3.52. The Balaban J connectivity index is 2.02. The molecule has 0 radical (unpaired) electrons. The van der Waals surface area contributed by atoms with Gasteiger partial charge in [-0.2, -0.15) is 0 Å². The molecule has 1 aromatic carbocycles. The van der Waals surface area contributed by atoms with Crippen LogP contribution in [0.2, 0.25) is 0 Å². The molecular weight excluding hydrogens is 358 g/mol. The van der Waals surface area contributed by atoms with Crippen LogP contribution < -0.4 is 16.0 Å². The van der Waals surface area contributed by atoms with Gasteiger partial charge in [0.15, 0.2) is 0 Å². The quantitative estimate of drug-likeness (QED) is 0.549. The van der Waals surface area contributed by atoms with Crippen LogP contribution in [0.1, 0.15) is 17.7 Å². The van der Waals surface area contributed by atoms with Crippen LogP contribution in [0.25, 0.3) is 32.1 Å². The van der Waals surface area contributed by atoms with E-state index in [-0.39, 0.29) is 5.56 Å². The number of aromatic nitrogens is 2. The van der Waals surface area contributed by atoms with Crippen molar-refractivity contribution in [2.24, 2.45) is 5.73 Å². The number of H-pyrrole nitrogens is 1. The van der Waals surface area contributed by atoms with E-state index in [0.717, 1.165) is 62.0 Å². The summed E-state index contributed by atoms with van der Waals surface area (Å²) in [7, 11) is 1.67. The number of nitrogens with one attached hydrogen (secondary N) is 1. The first-order chi connectivity index (χ1) is 13.1. The Hall–Kier alpha value is -2.70. The minimum atomic E-state index is -0.0537. The third-order valence-corrected chi connectivity index (χ3v) is 5.75. The summed E-state index contributed by atoms with van der Waals surface area (Å²) >= 11 is 1.45. The largest absolute Gasteiger partial charge is 0.496 e. The van der Waals surface area contributed by atoms with Gasteiger partial charge in [0.05, 0.1) is 12.6 Å². The number of thiophene rings is 1. The number of hydrogen-bond donors (Lipinski definition) is 2. The summed E-state index contributed by atoms with van der Waals surface area (Å²) < 4.78 is 6.43. The Morgan fingerprint density at radius 3 is 2.85 bits per heavy atom. The smallest absolute Gasteiger partial charge is 0.266 e. The second-order valence-electron chi connectivity index (χ2n) is 6.57. The van der Waals surface area contributed by atoms with Gasteiger partial charge in [-0.25, -0.2) is 0 Å². The van der Waals surface area contributed by atoms with Crippen LogP contribution in [0.5, 0.6) is 5.75 Å². The minimum Gasteiger partial charge on any atom is -0.496 e. The summed E-state index contributed by atoms with van der Waals surface area (Å²) in [6.07, 6.45) is 3.66. The molecule has 5 nitrogen and oxygen atoms in total. The van der Waals surface area contributed by atoms with E-state index in [1.807, 2.05) is 36.7 Å². The van der Waals surface area contributed by atoms with Crippen LogP contribution in [0.15, 0.2) is 40.6 Å². The SMILES string of the molecule is COc1cc(C)c2[nH]c(=O)c3sccc3c2c1-c1ccc(CCCN)nc1. The van der Waals surface area contributed by atoms with Crippen molar-refractivity contribution in [2.45, 2.75) is 19.8 Å². The molecule has 4 rings (SSSR count). The Bertz CT molecular complexity index is 1180. The number of hydrogen-bond acceptors (Lipinski definition) is 5. The van der Waals surface area contributed by atoms with Gasteiger partial charge in [-0.05, 0) is 55.5 Å². The Kier molecular flexibility index (Phi) is 4.68. The third-order valence-electron chi connectivity index (χ3n) is 4.84. The number of rotatable bonds is 5. The highest BCUT2D eigenvalue weighted by Crippen LogP contribution is 2.41. The molecule has 0 fully saturated rings. The van der Waals surface area contributed by atoms with Crippen LogP contribution in [-0.4, -0.2) is 23.6 Å². The minimum absolute atomic E-state index is 0.0537. The lowest BCUT2D eigenvalue weighted by Crippen LogP contribution is -2.06. The fraction of sp³-hybridized carbons (Fsp3) is 0.238. The molecule has 0 bridgehead atoms. The van der Waals surface area contributed by atoms with E-state index >= 15 is 0 Å². The molecule has 27 heavy (non-hydrogen) atoms. The van der Waals surface area contributed by atoms with E-state index < -0.39 is 0 Å². The van der Waals surface area contributed by atoms with Crippen LogP contribution in [-0.2, 0) is 6.42 Å². The Labute approximate surface area is 160 Å². The van der Waals surface area contributed by atoms with Gasteiger partial charge in [0.1, 0.15) is 10.4 Å². The number of methoxy groups -OCH3 is 1. The van der Waals surface area contributed by atoms with Gasteiger partial charge in [-0.1, -0.05) is 6.07 Å². The summed E-state index contributed by atoms with van der Waals surface area (Å²) in [5, 5.41) is 3.90. The summed E-state index contributed by atoms with van der Waals surface area (Å²) in [6.45, 7) is 2.64. The Morgan fingerprint density at radius 1 is 1.30 bits per heavy atom. The van der Waals surface area contributed by atoms with Crippen molar-refractivity contribution in [3.8, 4) is 16.9 Å². The number of benzene rings is 1. The van der Waals surface area contributed by atoms with Crippen molar-refractivity contribution in [1.82, 2.24) is 9.97 Å². The second-order valence-corrected chi connectivity index (χ2v) is 7.48. The zero-order valence-electron chi connectivity index (χ0n) is 15.3. The highest BCUT2D eigenvalue weighted by atomic mass is 32.1. The lowest BCUT2D eigenvalue weighted by Gasteiger charge is -2.15. The zero-order chi connectivity index (χ0) is 19.0. The van der Waals surface area contributed by atoms with Gasteiger partial charge in [0, 0.05) is 33.8 Å². The van der Waals surface area contributed by atoms with E-state index in [4.69, 9.17) is 10.5 Å². The van der Waals surface area contributed by atoms with Crippen LogP contribution in [0, 0.1) is 6.92 Å². The Morgan fingerprint density at radius 2 is 2.15 bits per heavy atom. The molecule has 0 aliphatic heterocycles. The molecule has 4 aromatic rings. The fourth-order valence-corrected chi connectivity index (χ4v) is 4.32. The molecule has 3 N–H and O–H groups in total. The predicted molar refractivity (Wildman–Crippen MR) is 112 cm³/mol. The monoisotopic (exact) mass is 379 g/mol. The lowest BCUT2D eigenvalue weighted by molar-refractivity contribution is 0.416. The highest BCUT2D eigenvalue weighted by Gasteiger charge is 2.18. The van der Waals surface area contributed by atoms with Gasteiger partial charge < -0.3 is 15.5 Å². The predicted octanol–water partition coefficient (Wildman–Crippen LogP) is 4.01. The van der Waals surface area contributed by atoms with Gasteiger partial charge >= 0.3 is 0 Å². The number of nitrogens with zero attached hydrogens (tertiary/aromatic N) is 1. The maximum Gasteiger partial charge on any atom is 0.266 e. The van der Waals surface area contributed by atoms with Crippen molar-refractivity contribution in [3.63, 3.8) is 0 Å². The van der Waals surface area contributed by atoms with E-state index in [9.17, 15) is 4.79 Å². The molecule has 3 aromatic heterocycles. The number of fused-ring (bicyclic) bond motifs is 3. The summed E-state index contributed by atoms with van der Waals surface area (Å²) in [6, 6.07) is 8.07. The van der Waals surface area contributed by atoms with Crippen molar-refractivity contribution in [2.75, 3.05) is 13.7 Å². The molecule has 0 saturated heterocycles. The van der Waals surface area contributed by atoms with E-state index in [2.05, 4.69) is 16.0 Å². The third kappa shape index (κ3) is 3.01. The number of pyridine rings is 2. The zero-order valence-corrected chi connectivity index (χ0v) is 16.2. The van der Waals surface area contributed by atoms with Crippen LogP contribution >= 0.6 is 11.3 Å². The topological polar surface area (TPSA) is 81.0 Å². The molecule has 0 aliphatic carbocycles. The average molecular weight is 379 g/mol. The summed E-state index contributed by atoms with van der Waals surface area (Å²) in [4.78, 5) is 20.1. The first kappa shape index (κ1) is 17.7. The standard InChI is InChI=1S/C21H21N3O2S/c1-12-10-16(26-2)17(13-5-6-14(23-11-13)4-3-8-22)18-15-7-9-27-20(15)21(25)24-19(12)18/h5-7,9-11H,3-4,8,22H2,1-2H3,(H,24,25). The highest BCUT2D eigenvalue weighted by molar-refractivity contribution is 7.17. The first-order valence-electron chi connectivity index (χ1n) is 8.90. The molecule has 0 unspecified atom stereocenters. The van der Waals surface area contributed by atoms with Gasteiger partial charge in [-0.3, -0.25) is 9.78 Å². The summed E-state index contributed by atoms with van der Waals surface area (Å²) in [5.74, 6) is 0.774. The average Bonchev–Trinajstić information content (AvgIpc) is 3.18. The number of aromatic amines is 1. The van der Waals surface area contributed by atoms with Gasteiger partial charge in [-0.15, -0.1) is 11.3 Å². The normalized spacial score (nSPS) is 11.4. The number of nitrogens with two attached hydrogens (primary N) is 1. The van der Waals surface area contributed by atoms with Crippen molar-refractivity contribution in [3.05, 3.63) is 57.5 Å². The molecule has 3 heterocycles. The molecule has 0 aliphatic rings. The number of ether oxygens (including phenoxy) is 1. The molecule has 138 valence electrons. The van der Waals surface area contributed by atoms with Crippen molar-refractivity contribution in [1.29, 1.82) is 0 Å². The number of aryl methyl sites for hydroxylation is 2. The first-order valence-corrected chi connectivity index (χ1v) is 9.78. The van der Waals surface area contributed by atoms with Crippen LogP contribution in [0.4, 0.5) is 0 Å². The summed E-state index contributed by atoms with van der Waals surface area (Å²) in [5.41, 5.74) is 10.3.